The summed E-state index contributed by atoms with van der Waals surface area (Å²) in [5, 5.41) is 9.68. The Morgan fingerprint density at radius 1 is 0.885 bits per heavy atom. The summed E-state index contributed by atoms with van der Waals surface area (Å²) in [5.74, 6) is 0.901. The molecule has 1 atom stereocenters. The maximum absolute atomic E-state index is 9.68. The van der Waals surface area contributed by atoms with E-state index in [4.69, 9.17) is 0 Å². The van der Waals surface area contributed by atoms with Crippen molar-refractivity contribution in [2.45, 2.75) is 110 Å². The fourth-order valence-corrected chi connectivity index (χ4v) is 3.67. The van der Waals surface area contributed by atoms with Crippen LogP contribution in [0.1, 0.15) is 104 Å². The summed E-state index contributed by atoms with van der Waals surface area (Å²) >= 11 is 0. The molecule has 0 aromatic carbocycles. The van der Waals surface area contributed by atoms with Crippen LogP contribution in [0.4, 0.5) is 0 Å². The number of allylic oxidation sites excluding steroid dienone is 2. The third-order valence-electron chi connectivity index (χ3n) is 5.28. The molecule has 0 spiro atoms. The van der Waals surface area contributed by atoms with E-state index in [1.165, 1.54) is 89.9 Å². The minimum absolute atomic E-state index is 0.411. The van der Waals surface area contributed by atoms with Crippen LogP contribution in [0.2, 0.25) is 0 Å². The molecule has 0 amide bonds. The number of aliphatic hydroxyl groups excluding tert-OH is 1. The summed E-state index contributed by atoms with van der Waals surface area (Å²) in [5.41, 5.74) is 0. The van der Waals surface area contributed by atoms with Crippen LogP contribution in [0, 0.1) is 0 Å². The van der Waals surface area contributed by atoms with Gasteiger partial charge in [0.25, 0.3) is 0 Å². The molecule has 1 aliphatic heterocycles. The highest BCUT2D eigenvalue weighted by atomic mass is 16.3. The molecule has 0 fully saturated rings. The van der Waals surface area contributed by atoms with Crippen molar-refractivity contribution in [2.24, 2.45) is 4.99 Å². The Morgan fingerprint density at radius 2 is 1.42 bits per heavy atom. The fraction of sp³-hybridized carbons (Fsp3) is 0.870. The number of nitrogens with zero attached hydrogens (tertiary/aromatic N) is 2. The van der Waals surface area contributed by atoms with Gasteiger partial charge in [0.15, 0.2) is 0 Å². The van der Waals surface area contributed by atoms with Crippen molar-refractivity contribution >= 4 is 5.84 Å². The first-order valence-electron chi connectivity index (χ1n) is 11.4. The topological polar surface area (TPSA) is 35.8 Å². The molecule has 152 valence electrons. The predicted molar refractivity (Wildman–Crippen MR) is 115 cm³/mol. The van der Waals surface area contributed by atoms with Gasteiger partial charge >= 0.3 is 0 Å². The van der Waals surface area contributed by atoms with Crippen LogP contribution < -0.4 is 0 Å². The lowest BCUT2D eigenvalue weighted by atomic mass is 10.1. The molecule has 3 nitrogen and oxygen atoms in total. The summed E-state index contributed by atoms with van der Waals surface area (Å²) in [6, 6.07) is 0. The van der Waals surface area contributed by atoms with Gasteiger partial charge in [0.2, 0.25) is 0 Å². The third kappa shape index (κ3) is 11.7. The van der Waals surface area contributed by atoms with Gasteiger partial charge in [-0.3, -0.25) is 4.99 Å². The van der Waals surface area contributed by atoms with E-state index in [-0.39, 0.29) is 0 Å². The average Bonchev–Trinajstić information content (AvgIpc) is 3.10. The molecule has 1 aliphatic rings. The monoisotopic (exact) mass is 364 g/mol. The minimum atomic E-state index is -0.411. The van der Waals surface area contributed by atoms with Gasteiger partial charge in [-0.25, -0.2) is 0 Å². The zero-order chi connectivity index (χ0) is 18.9. The van der Waals surface area contributed by atoms with Gasteiger partial charge in [0.1, 0.15) is 11.9 Å². The van der Waals surface area contributed by atoms with Gasteiger partial charge in [-0.2, -0.15) is 0 Å². The molecule has 0 bridgehead atoms. The fourth-order valence-electron chi connectivity index (χ4n) is 3.67. The van der Waals surface area contributed by atoms with Crippen molar-refractivity contribution in [2.75, 3.05) is 19.6 Å². The lowest BCUT2D eigenvalue weighted by Crippen LogP contribution is -2.35. The second-order valence-corrected chi connectivity index (χ2v) is 7.84. The predicted octanol–water partition coefficient (Wildman–Crippen LogP) is 6.12. The van der Waals surface area contributed by atoms with Crippen molar-refractivity contribution < 1.29 is 5.11 Å². The Hall–Kier alpha value is -0.830. The highest BCUT2D eigenvalue weighted by Crippen LogP contribution is 2.12. The van der Waals surface area contributed by atoms with Crippen LogP contribution in [0.15, 0.2) is 17.1 Å². The molecule has 3 heteroatoms. The van der Waals surface area contributed by atoms with Crippen LogP contribution in [0.3, 0.4) is 0 Å². The Morgan fingerprint density at radius 3 is 2.00 bits per heavy atom. The van der Waals surface area contributed by atoms with Crippen LogP contribution in [0.25, 0.3) is 0 Å². The molecular formula is C23H44N2O. The second-order valence-electron chi connectivity index (χ2n) is 7.84. The van der Waals surface area contributed by atoms with Crippen molar-refractivity contribution in [3.63, 3.8) is 0 Å². The van der Waals surface area contributed by atoms with Gasteiger partial charge in [-0.1, -0.05) is 76.9 Å². The van der Waals surface area contributed by atoms with Gasteiger partial charge in [0, 0.05) is 13.1 Å². The number of amidine groups is 1. The van der Waals surface area contributed by atoms with Gasteiger partial charge in [0.05, 0.1) is 6.54 Å². The van der Waals surface area contributed by atoms with Gasteiger partial charge < -0.3 is 10.0 Å². The van der Waals surface area contributed by atoms with E-state index >= 15 is 0 Å². The number of unbranched alkanes of at least 4 members (excludes halogenated alkanes) is 12. The van der Waals surface area contributed by atoms with Gasteiger partial charge in [-0.15, -0.1) is 0 Å². The number of rotatable bonds is 17. The van der Waals surface area contributed by atoms with Crippen LogP contribution in [0.5, 0.6) is 0 Å². The SMILES string of the molecule is CCCCCCCC/C=C\CCCCCCCCN1CCN=C1C(C)O. The average molecular weight is 365 g/mol. The Labute approximate surface area is 163 Å². The standard InChI is InChI=1S/C23H44N2O/c1-3-4-5-6-7-8-9-10-11-12-13-14-15-16-17-18-20-25-21-19-24-23(25)22(2)26/h10-11,22,26H,3-9,12-21H2,1-2H3/b11-10-. The molecule has 0 saturated heterocycles. The van der Waals surface area contributed by atoms with E-state index < -0.39 is 6.10 Å². The van der Waals surface area contributed by atoms with Crippen LogP contribution in [-0.2, 0) is 0 Å². The highest BCUT2D eigenvalue weighted by Gasteiger charge is 2.19. The minimum Gasteiger partial charge on any atom is -0.385 e. The van der Waals surface area contributed by atoms with E-state index in [0.717, 1.165) is 25.5 Å². The molecule has 1 N–H and O–H groups in total. The molecule has 0 aromatic heterocycles. The number of aliphatic imine (C=N–C) groups is 1. The van der Waals surface area contributed by atoms with Crippen molar-refractivity contribution in [1.29, 1.82) is 0 Å². The molecule has 1 rings (SSSR count). The van der Waals surface area contributed by atoms with E-state index in [9.17, 15) is 5.11 Å². The molecular weight excluding hydrogens is 320 g/mol. The van der Waals surface area contributed by atoms with Crippen LogP contribution >= 0.6 is 0 Å². The van der Waals surface area contributed by atoms with E-state index in [0.29, 0.717) is 0 Å². The van der Waals surface area contributed by atoms with Crippen molar-refractivity contribution in [3.05, 3.63) is 12.2 Å². The van der Waals surface area contributed by atoms with Crippen molar-refractivity contribution in [3.8, 4) is 0 Å². The van der Waals surface area contributed by atoms with E-state index in [1.54, 1.807) is 0 Å². The molecule has 0 radical (unpaired) electrons. The molecule has 0 aromatic rings. The van der Waals surface area contributed by atoms with E-state index in [1.807, 2.05) is 6.92 Å². The first kappa shape index (κ1) is 23.2. The number of aliphatic hydroxyl groups is 1. The highest BCUT2D eigenvalue weighted by molar-refractivity contribution is 5.87. The molecule has 1 heterocycles. The maximum atomic E-state index is 9.68. The quantitative estimate of drug-likeness (QED) is 0.249. The third-order valence-corrected chi connectivity index (χ3v) is 5.28. The van der Waals surface area contributed by atoms with Gasteiger partial charge in [-0.05, 0) is 39.0 Å². The smallest absolute Gasteiger partial charge is 0.128 e. The normalized spacial score (nSPS) is 15.8. The summed E-state index contributed by atoms with van der Waals surface area (Å²) in [4.78, 5) is 6.66. The molecule has 26 heavy (non-hydrogen) atoms. The summed E-state index contributed by atoms with van der Waals surface area (Å²) in [6.07, 6.45) is 23.3. The summed E-state index contributed by atoms with van der Waals surface area (Å²) in [6.45, 7) is 7.00. The second kappa shape index (κ2) is 16.4. The van der Waals surface area contributed by atoms with Crippen molar-refractivity contribution in [1.82, 2.24) is 4.90 Å². The van der Waals surface area contributed by atoms with Crippen LogP contribution in [-0.4, -0.2) is 41.6 Å². The largest absolute Gasteiger partial charge is 0.385 e. The zero-order valence-electron chi connectivity index (χ0n) is 17.6. The first-order valence-corrected chi connectivity index (χ1v) is 11.4. The zero-order valence-corrected chi connectivity index (χ0v) is 17.6. The first-order chi connectivity index (χ1) is 12.8. The molecule has 0 saturated carbocycles. The molecule has 0 aliphatic carbocycles. The lowest BCUT2D eigenvalue weighted by Gasteiger charge is -2.21. The van der Waals surface area contributed by atoms with E-state index in [2.05, 4.69) is 29.0 Å². The number of hydrogen-bond donors (Lipinski definition) is 1. The summed E-state index contributed by atoms with van der Waals surface area (Å²) in [7, 11) is 0. The Balaban J connectivity index is 1.81. The number of hydrogen-bond acceptors (Lipinski definition) is 3. The Kier molecular flexibility index (Phi) is 14.6. The summed E-state index contributed by atoms with van der Waals surface area (Å²) < 4.78 is 0. The Bertz CT molecular complexity index is 376. The molecule has 1 unspecified atom stereocenters. The maximum Gasteiger partial charge on any atom is 0.128 e. The lowest BCUT2D eigenvalue weighted by molar-refractivity contribution is 0.242.